The second-order valence-electron chi connectivity index (χ2n) is 4.72. The van der Waals surface area contributed by atoms with Crippen LogP contribution >= 0.6 is 0 Å². The first-order valence-corrected chi connectivity index (χ1v) is 6.29. The molecule has 1 heterocycles. The Labute approximate surface area is 111 Å². The van der Waals surface area contributed by atoms with Gasteiger partial charge in [0.1, 0.15) is 11.6 Å². The van der Waals surface area contributed by atoms with Crippen LogP contribution in [0.25, 0.3) is 0 Å². The first kappa shape index (κ1) is 12.0. The molecule has 19 heavy (non-hydrogen) atoms. The van der Waals surface area contributed by atoms with E-state index in [1.807, 2.05) is 24.3 Å². The van der Waals surface area contributed by atoms with Crippen LogP contribution in [0.5, 0.6) is 5.75 Å². The van der Waals surface area contributed by atoms with E-state index >= 15 is 0 Å². The summed E-state index contributed by atoms with van der Waals surface area (Å²) < 4.78 is 5.71. The molecule has 0 bridgehead atoms. The first-order valence-electron chi connectivity index (χ1n) is 6.29. The minimum Gasteiger partial charge on any atom is -0.490 e. The molecule has 1 aromatic heterocycles. The number of hydrogen-bond donors (Lipinski definition) is 4. The third kappa shape index (κ3) is 2.54. The average Bonchev–Trinajstić information content (AvgIpc) is 3.14. The largest absolute Gasteiger partial charge is 0.490 e. The summed E-state index contributed by atoms with van der Waals surface area (Å²) in [4.78, 5) is 0. The van der Waals surface area contributed by atoms with E-state index in [2.05, 4.69) is 15.6 Å². The predicted molar refractivity (Wildman–Crippen MR) is 72.3 cm³/mol. The van der Waals surface area contributed by atoms with E-state index in [9.17, 15) is 0 Å². The maximum absolute atomic E-state index is 5.82. The van der Waals surface area contributed by atoms with Crippen LogP contribution in [0.15, 0.2) is 30.5 Å². The highest BCUT2D eigenvalue weighted by Crippen LogP contribution is 2.29. The van der Waals surface area contributed by atoms with Gasteiger partial charge in [-0.1, -0.05) is 12.1 Å². The molecule has 3 rings (SSSR count). The fraction of sp³-hybridized carbons (Fsp3) is 0.308. The summed E-state index contributed by atoms with van der Waals surface area (Å²) in [6.07, 6.45) is 4.38. The maximum Gasteiger partial charge on any atom is 0.124 e. The molecule has 1 unspecified atom stereocenters. The molecule has 6 heteroatoms. The van der Waals surface area contributed by atoms with Crippen LogP contribution < -0.4 is 21.7 Å². The van der Waals surface area contributed by atoms with Crippen molar-refractivity contribution in [2.24, 2.45) is 5.84 Å². The number of ether oxygens (including phenoxy) is 1. The summed E-state index contributed by atoms with van der Waals surface area (Å²) in [5.41, 5.74) is 10.4. The van der Waals surface area contributed by atoms with Crippen LogP contribution in [0.3, 0.4) is 0 Å². The van der Waals surface area contributed by atoms with Crippen molar-refractivity contribution < 1.29 is 4.74 Å². The number of anilines is 1. The molecule has 1 aromatic carbocycles. The Morgan fingerprint density at radius 3 is 2.58 bits per heavy atom. The smallest absolute Gasteiger partial charge is 0.124 e. The summed E-state index contributed by atoms with van der Waals surface area (Å²) in [6, 6.07) is 7.68. The van der Waals surface area contributed by atoms with Gasteiger partial charge in [-0.3, -0.25) is 10.9 Å². The van der Waals surface area contributed by atoms with Crippen molar-refractivity contribution in [1.29, 1.82) is 0 Å². The molecular weight excluding hydrogens is 242 g/mol. The lowest BCUT2D eigenvalue weighted by Gasteiger charge is -2.16. The standard InChI is InChI=1S/C13H17N5O/c14-13-11(7-16-18-13)12(17-15)8-1-3-9(4-2-8)19-10-5-6-10/h1-4,7,10,12,17H,5-6,15H2,(H3,14,16,18). The zero-order chi connectivity index (χ0) is 13.2. The second-order valence-corrected chi connectivity index (χ2v) is 4.72. The number of hydrogen-bond acceptors (Lipinski definition) is 5. The van der Waals surface area contributed by atoms with Gasteiger partial charge < -0.3 is 10.5 Å². The topological polar surface area (TPSA) is 102 Å². The zero-order valence-electron chi connectivity index (χ0n) is 10.5. The Morgan fingerprint density at radius 2 is 2.05 bits per heavy atom. The number of aromatic nitrogens is 2. The first-order chi connectivity index (χ1) is 9.28. The van der Waals surface area contributed by atoms with E-state index in [0.717, 1.165) is 29.7 Å². The molecule has 1 atom stereocenters. The van der Waals surface area contributed by atoms with Crippen LogP contribution in [-0.2, 0) is 0 Å². The number of benzene rings is 1. The van der Waals surface area contributed by atoms with E-state index in [1.54, 1.807) is 6.20 Å². The Kier molecular flexibility index (Phi) is 3.10. The second kappa shape index (κ2) is 4.91. The quantitative estimate of drug-likeness (QED) is 0.475. The van der Waals surface area contributed by atoms with E-state index in [0.29, 0.717) is 11.9 Å². The molecular formula is C13H17N5O. The number of H-pyrrole nitrogens is 1. The summed E-state index contributed by atoms with van der Waals surface area (Å²) in [7, 11) is 0. The van der Waals surface area contributed by atoms with Crippen LogP contribution in [0, 0.1) is 0 Å². The van der Waals surface area contributed by atoms with E-state index in [-0.39, 0.29) is 6.04 Å². The van der Waals surface area contributed by atoms with Crippen molar-refractivity contribution in [2.75, 3.05) is 5.73 Å². The third-order valence-electron chi connectivity index (χ3n) is 3.22. The lowest BCUT2D eigenvalue weighted by molar-refractivity contribution is 0.303. The van der Waals surface area contributed by atoms with Crippen LogP contribution in [0.2, 0.25) is 0 Å². The van der Waals surface area contributed by atoms with Gasteiger partial charge in [-0.2, -0.15) is 5.10 Å². The Morgan fingerprint density at radius 1 is 1.32 bits per heavy atom. The molecule has 0 aliphatic heterocycles. The monoisotopic (exact) mass is 259 g/mol. The van der Waals surface area contributed by atoms with Crippen molar-refractivity contribution in [3.8, 4) is 5.75 Å². The average molecular weight is 259 g/mol. The third-order valence-corrected chi connectivity index (χ3v) is 3.22. The summed E-state index contributed by atoms with van der Waals surface area (Å²) in [5.74, 6) is 7.02. The highest BCUT2D eigenvalue weighted by molar-refractivity contribution is 5.45. The van der Waals surface area contributed by atoms with Crippen molar-refractivity contribution in [3.05, 3.63) is 41.6 Å². The normalized spacial score (nSPS) is 16.3. The van der Waals surface area contributed by atoms with Gasteiger partial charge in [0.15, 0.2) is 0 Å². The van der Waals surface area contributed by atoms with Gasteiger partial charge in [0.05, 0.1) is 18.3 Å². The van der Waals surface area contributed by atoms with Gasteiger partial charge >= 0.3 is 0 Å². The minimum atomic E-state index is -0.186. The Balaban J connectivity index is 1.81. The molecule has 6 N–H and O–H groups in total. The highest BCUT2D eigenvalue weighted by Gasteiger charge is 2.23. The van der Waals surface area contributed by atoms with Crippen molar-refractivity contribution in [3.63, 3.8) is 0 Å². The number of nitrogens with one attached hydrogen (secondary N) is 2. The van der Waals surface area contributed by atoms with Crippen molar-refractivity contribution >= 4 is 5.82 Å². The number of nitrogens with zero attached hydrogens (tertiary/aromatic N) is 1. The molecule has 1 fully saturated rings. The number of nitrogens with two attached hydrogens (primary N) is 2. The Hall–Kier alpha value is -2.05. The fourth-order valence-electron chi connectivity index (χ4n) is 2.02. The molecule has 1 saturated carbocycles. The number of rotatable bonds is 5. The van der Waals surface area contributed by atoms with Gasteiger partial charge in [-0.15, -0.1) is 0 Å². The molecule has 2 aromatic rings. The predicted octanol–water partition coefficient (Wildman–Crippen LogP) is 1.09. The van der Waals surface area contributed by atoms with Gasteiger partial charge in [-0.05, 0) is 30.5 Å². The number of aromatic amines is 1. The van der Waals surface area contributed by atoms with E-state index in [1.165, 1.54) is 0 Å². The zero-order valence-corrected chi connectivity index (χ0v) is 10.5. The van der Waals surface area contributed by atoms with E-state index < -0.39 is 0 Å². The van der Waals surface area contributed by atoms with Crippen LogP contribution in [-0.4, -0.2) is 16.3 Å². The molecule has 1 aliphatic rings. The van der Waals surface area contributed by atoms with Gasteiger partial charge in [0.25, 0.3) is 0 Å². The Bertz CT molecular complexity index is 546. The minimum absolute atomic E-state index is 0.186. The van der Waals surface area contributed by atoms with Crippen LogP contribution in [0.4, 0.5) is 5.82 Å². The molecule has 6 nitrogen and oxygen atoms in total. The fourth-order valence-corrected chi connectivity index (χ4v) is 2.02. The maximum atomic E-state index is 5.82. The lowest BCUT2D eigenvalue weighted by atomic mass is 10.0. The summed E-state index contributed by atoms with van der Waals surface area (Å²) in [6.45, 7) is 0. The number of nitrogen functional groups attached to an aromatic ring is 1. The lowest BCUT2D eigenvalue weighted by Crippen LogP contribution is -2.29. The molecule has 0 radical (unpaired) electrons. The molecule has 0 spiro atoms. The highest BCUT2D eigenvalue weighted by atomic mass is 16.5. The van der Waals surface area contributed by atoms with E-state index in [4.69, 9.17) is 16.3 Å². The van der Waals surface area contributed by atoms with Crippen molar-refractivity contribution in [2.45, 2.75) is 25.0 Å². The van der Waals surface area contributed by atoms with Gasteiger partial charge in [-0.25, -0.2) is 5.43 Å². The molecule has 0 amide bonds. The summed E-state index contributed by atoms with van der Waals surface area (Å²) in [5, 5.41) is 6.62. The van der Waals surface area contributed by atoms with Crippen molar-refractivity contribution in [1.82, 2.24) is 15.6 Å². The van der Waals surface area contributed by atoms with Crippen LogP contribution in [0.1, 0.15) is 30.0 Å². The molecule has 1 aliphatic carbocycles. The molecule has 0 saturated heterocycles. The van der Waals surface area contributed by atoms with Gasteiger partial charge in [0.2, 0.25) is 0 Å². The number of hydrazine groups is 1. The SMILES string of the molecule is NNC(c1ccc(OC2CC2)cc1)c1cn[nH]c1N. The molecule has 100 valence electrons. The van der Waals surface area contributed by atoms with Gasteiger partial charge in [0, 0.05) is 5.56 Å². The summed E-state index contributed by atoms with van der Waals surface area (Å²) >= 11 is 0.